The molecule has 1 N–H and O–H groups in total. The quantitative estimate of drug-likeness (QED) is 0.794. The SMILES string of the molecule is Cc1cc(Cl)c(OCCCNC(C)C)c(Br)c1. The Bertz CT molecular complexity index is 345. The van der Waals surface area contributed by atoms with E-state index in [1.807, 2.05) is 19.1 Å². The second kappa shape index (κ2) is 7.24. The fraction of sp³-hybridized carbons (Fsp3) is 0.538. The molecule has 96 valence electrons. The summed E-state index contributed by atoms with van der Waals surface area (Å²) in [6.07, 6.45) is 0.967. The number of nitrogens with one attached hydrogen (secondary N) is 1. The molecule has 1 aromatic rings. The molecular weight excluding hydrogens is 302 g/mol. The molecule has 0 aromatic heterocycles. The summed E-state index contributed by atoms with van der Waals surface area (Å²) >= 11 is 9.59. The van der Waals surface area contributed by atoms with Crippen LogP contribution in [0, 0.1) is 6.92 Å². The average Bonchev–Trinajstić information content (AvgIpc) is 2.20. The van der Waals surface area contributed by atoms with Crippen molar-refractivity contribution in [2.24, 2.45) is 0 Å². The Morgan fingerprint density at radius 3 is 2.71 bits per heavy atom. The minimum absolute atomic E-state index is 0.518. The Kier molecular flexibility index (Phi) is 6.31. The lowest BCUT2D eigenvalue weighted by atomic mass is 10.2. The number of rotatable bonds is 6. The second-order valence-corrected chi connectivity index (χ2v) is 5.63. The van der Waals surface area contributed by atoms with Crippen LogP contribution in [0.2, 0.25) is 5.02 Å². The molecule has 0 saturated heterocycles. The van der Waals surface area contributed by atoms with Crippen LogP contribution >= 0.6 is 27.5 Å². The predicted molar refractivity (Wildman–Crippen MR) is 77.1 cm³/mol. The van der Waals surface area contributed by atoms with E-state index >= 15 is 0 Å². The Balaban J connectivity index is 2.42. The van der Waals surface area contributed by atoms with Gasteiger partial charge < -0.3 is 10.1 Å². The molecule has 0 aliphatic carbocycles. The third-order valence-electron chi connectivity index (χ3n) is 2.26. The summed E-state index contributed by atoms with van der Waals surface area (Å²) in [5.41, 5.74) is 1.12. The molecule has 1 rings (SSSR count). The topological polar surface area (TPSA) is 21.3 Å². The van der Waals surface area contributed by atoms with Crippen LogP contribution in [0.5, 0.6) is 5.75 Å². The Morgan fingerprint density at radius 2 is 2.12 bits per heavy atom. The summed E-state index contributed by atoms with van der Waals surface area (Å²) in [6, 6.07) is 4.44. The molecule has 17 heavy (non-hydrogen) atoms. The molecule has 0 bridgehead atoms. The minimum atomic E-state index is 0.518. The molecule has 0 aliphatic heterocycles. The molecule has 0 saturated carbocycles. The van der Waals surface area contributed by atoms with Gasteiger partial charge in [0.15, 0.2) is 5.75 Å². The van der Waals surface area contributed by atoms with Crippen molar-refractivity contribution in [3.8, 4) is 5.75 Å². The van der Waals surface area contributed by atoms with Crippen molar-refractivity contribution < 1.29 is 4.74 Å². The number of halogens is 2. The number of ether oxygens (including phenoxy) is 1. The molecule has 0 radical (unpaired) electrons. The summed E-state index contributed by atoms with van der Waals surface area (Å²) in [6.45, 7) is 7.90. The van der Waals surface area contributed by atoms with Gasteiger partial charge in [-0.25, -0.2) is 0 Å². The van der Waals surface area contributed by atoms with Crippen molar-refractivity contribution >= 4 is 27.5 Å². The highest BCUT2D eigenvalue weighted by atomic mass is 79.9. The summed E-state index contributed by atoms with van der Waals surface area (Å²) in [5.74, 6) is 0.738. The maximum absolute atomic E-state index is 6.13. The van der Waals surface area contributed by atoms with Crippen LogP contribution in [0.1, 0.15) is 25.8 Å². The van der Waals surface area contributed by atoms with E-state index in [2.05, 4.69) is 35.1 Å². The lowest BCUT2D eigenvalue weighted by Gasteiger charge is -2.12. The second-order valence-electron chi connectivity index (χ2n) is 4.37. The van der Waals surface area contributed by atoms with Gasteiger partial charge >= 0.3 is 0 Å². The fourth-order valence-corrected chi connectivity index (χ4v) is 2.59. The van der Waals surface area contributed by atoms with Gasteiger partial charge in [-0.3, -0.25) is 0 Å². The summed E-state index contributed by atoms with van der Waals surface area (Å²) in [5, 5.41) is 4.01. The maximum Gasteiger partial charge on any atom is 0.152 e. The van der Waals surface area contributed by atoms with Gasteiger partial charge in [-0.2, -0.15) is 0 Å². The predicted octanol–water partition coefficient (Wildman–Crippen LogP) is 4.18. The Hall–Kier alpha value is -0.250. The van der Waals surface area contributed by atoms with Gasteiger partial charge in [-0.15, -0.1) is 0 Å². The summed E-state index contributed by atoms with van der Waals surface area (Å²) in [7, 11) is 0. The van der Waals surface area contributed by atoms with E-state index in [-0.39, 0.29) is 0 Å². The molecule has 0 unspecified atom stereocenters. The fourth-order valence-electron chi connectivity index (χ4n) is 1.46. The van der Waals surface area contributed by atoms with Gasteiger partial charge in [0, 0.05) is 6.04 Å². The molecule has 0 atom stereocenters. The van der Waals surface area contributed by atoms with Crippen LogP contribution in [0.15, 0.2) is 16.6 Å². The number of aryl methyl sites for hydroxylation is 1. The smallest absolute Gasteiger partial charge is 0.152 e. The number of hydrogen-bond acceptors (Lipinski definition) is 2. The van der Waals surface area contributed by atoms with Gasteiger partial charge in [0.05, 0.1) is 16.1 Å². The number of benzene rings is 1. The van der Waals surface area contributed by atoms with Gasteiger partial charge in [-0.05, 0) is 53.5 Å². The van der Waals surface area contributed by atoms with E-state index in [9.17, 15) is 0 Å². The van der Waals surface area contributed by atoms with Crippen molar-refractivity contribution in [2.45, 2.75) is 33.2 Å². The van der Waals surface area contributed by atoms with Crippen LogP contribution in [0.4, 0.5) is 0 Å². The molecule has 0 fully saturated rings. The van der Waals surface area contributed by atoms with Gasteiger partial charge in [0.2, 0.25) is 0 Å². The van der Waals surface area contributed by atoms with Crippen LogP contribution in [0.3, 0.4) is 0 Å². The molecule has 0 aliphatic rings. The number of hydrogen-bond donors (Lipinski definition) is 1. The summed E-state index contributed by atoms with van der Waals surface area (Å²) < 4.78 is 6.60. The zero-order valence-corrected chi connectivity index (χ0v) is 12.9. The van der Waals surface area contributed by atoms with Crippen LogP contribution in [0.25, 0.3) is 0 Å². The molecule has 0 amide bonds. The molecular formula is C13H19BrClNO. The third kappa shape index (κ3) is 5.28. The van der Waals surface area contributed by atoms with Crippen molar-refractivity contribution in [3.63, 3.8) is 0 Å². The van der Waals surface area contributed by atoms with E-state index in [1.165, 1.54) is 0 Å². The van der Waals surface area contributed by atoms with Crippen LogP contribution < -0.4 is 10.1 Å². The molecule has 0 heterocycles. The highest BCUT2D eigenvalue weighted by Gasteiger charge is 2.07. The molecule has 4 heteroatoms. The average molecular weight is 321 g/mol. The minimum Gasteiger partial charge on any atom is -0.491 e. The lowest BCUT2D eigenvalue weighted by molar-refractivity contribution is 0.304. The maximum atomic E-state index is 6.13. The van der Waals surface area contributed by atoms with Crippen LogP contribution in [-0.2, 0) is 0 Å². The largest absolute Gasteiger partial charge is 0.491 e. The third-order valence-corrected chi connectivity index (χ3v) is 3.13. The molecule has 2 nitrogen and oxygen atoms in total. The zero-order chi connectivity index (χ0) is 12.8. The zero-order valence-electron chi connectivity index (χ0n) is 10.5. The summed E-state index contributed by atoms with van der Waals surface area (Å²) in [4.78, 5) is 0. The first-order valence-corrected chi connectivity index (χ1v) is 6.99. The van der Waals surface area contributed by atoms with E-state index < -0.39 is 0 Å². The Labute approximate surface area is 117 Å². The monoisotopic (exact) mass is 319 g/mol. The Morgan fingerprint density at radius 1 is 1.41 bits per heavy atom. The normalized spacial score (nSPS) is 10.9. The molecule has 0 spiro atoms. The van der Waals surface area contributed by atoms with Gasteiger partial charge in [0.25, 0.3) is 0 Å². The van der Waals surface area contributed by atoms with E-state index in [0.717, 1.165) is 28.8 Å². The van der Waals surface area contributed by atoms with E-state index in [0.29, 0.717) is 17.7 Å². The van der Waals surface area contributed by atoms with Gasteiger partial charge in [0.1, 0.15) is 0 Å². The first-order chi connectivity index (χ1) is 8.00. The van der Waals surface area contributed by atoms with Crippen LogP contribution in [-0.4, -0.2) is 19.2 Å². The molecule has 1 aromatic carbocycles. The first kappa shape index (κ1) is 14.8. The first-order valence-electron chi connectivity index (χ1n) is 5.82. The van der Waals surface area contributed by atoms with E-state index in [1.54, 1.807) is 0 Å². The highest BCUT2D eigenvalue weighted by Crippen LogP contribution is 2.34. The van der Waals surface area contributed by atoms with Crippen molar-refractivity contribution in [1.29, 1.82) is 0 Å². The lowest BCUT2D eigenvalue weighted by Crippen LogP contribution is -2.24. The van der Waals surface area contributed by atoms with Crippen molar-refractivity contribution in [1.82, 2.24) is 5.32 Å². The highest BCUT2D eigenvalue weighted by molar-refractivity contribution is 9.10. The van der Waals surface area contributed by atoms with Crippen molar-refractivity contribution in [3.05, 3.63) is 27.2 Å². The van der Waals surface area contributed by atoms with Gasteiger partial charge in [-0.1, -0.05) is 25.4 Å². The standard InChI is InChI=1S/C13H19BrClNO/c1-9(2)16-5-4-6-17-13-11(14)7-10(3)8-12(13)15/h7-9,16H,4-6H2,1-3H3. The van der Waals surface area contributed by atoms with Crippen molar-refractivity contribution in [2.75, 3.05) is 13.2 Å². The van der Waals surface area contributed by atoms with E-state index in [4.69, 9.17) is 16.3 Å².